The molecule has 0 aromatic carbocycles. The fourth-order valence-electron chi connectivity index (χ4n) is 2.01. The highest BCUT2D eigenvalue weighted by molar-refractivity contribution is 9.10. The van der Waals surface area contributed by atoms with E-state index in [9.17, 15) is 10.1 Å². The lowest BCUT2D eigenvalue weighted by atomic mass is 9.95. The summed E-state index contributed by atoms with van der Waals surface area (Å²) < 4.78 is 1.98. The highest BCUT2D eigenvalue weighted by atomic mass is 79.9. The number of hydrogen-bond donors (Lipinski definition) is 1. The van der Waals surface area contributed by atoms with E-state index in [4.69, 9.17) is 0 Å². The molecule has 0 atom stereocenters. The van der Waals surface area contributed by atoms with E-state index < -0.39 is 4.92 Å². The first-order valence-corrected chi connectivity index (χ1v) is 6.41. The van der Waals surface area contributed by atoms with Crippen molar-refractivity contribution >= 4 is 21.9 Å². The number of aryl methyl sites for hydroxylation is 1. The molecule has 1 aromatic heterocycles. The quantitative estimate of drug-likeness (QED) is 0.670. The summed E-state index contributed by atoms with van der Waals surface area (Å²) in [6.07, 6.45) is 3.31. The van der Waals surface area contributed by atoms with Gasteiger partial charge in [-0.05, 0) is 48.2 Å². The molecule has 94 valence electrons. The zero-order valence-electron chi connectivity index (χ0n) is 9.30. The average Bonchev–Trinajstić information content (AvgIpc) is 2.70. The zero-order valence-corrected chi connectivity index (χ0v) is 10.9. The standard InChI is InChI=1S/C9H14BrN5O2/c10-8-12-9(15(16)17)13-14(8)6-3-7-1-4-11-5-2-7/h7,11H,1-6H2. The predicted molar refractivity (Wildman–Crippen MR) is 64.6 cm³/mol. The number of rotatable bonds is 4. The van der Waals surface area contributed by atoms with Gasteiger partial charge in [0.1, 0.15) is 0 Å². The van der Waals surface area contributed by atoms with Gasteiger partial charge >= 0.3 is 5.95 Å². The van der Waals surface area contributed by atoms with Crippen LogP contribution < -0.4 is 5.32 Å². The van der Waals surface area contributed by atoms with Gasteiger partial charge in [-0.1, -0.05) is 0 Å². The van der Waals surface area contributed by atoms with Crippen molar-refractivity contribution in [3.63, 3.8) is 0 Å². The predicted octanol–water partition coefficient (Wildman–Crippen LogP) is 1.34. The number of aromatic nitrogens is 3. The highest BCUT2D eigenvalue weighted by Crippen LogP contribution is 2.19. The topological polar surface area (TPSA) is 85.9 Å². The lowest BCUT2D eigenvalue weighted by molar-refractivity contribution is -0.394. The smallest absolute Gasteiger partial charge is 0.390 e. The van der Waals surface area contributed by atoms with E-state index in [-0.39, 0.29) is 5.95 Å². The summed E-state index contributed by atoms with van der Waals surface area (Å²) in [6.45, 7) is 2.79. The summed E-state index contributed by atoms with van der Waals surface area (Å²) in [5.41, 5.74) is 0. The minimum absolute atomic E-state index is 0.345. The van der Waals surface area contributed by atoms with Gasteiger partial charge in [0, 0.05) is 21.0 Å². The maximum atomic E-state index is 10.5. The zero-order chi connectivity index (χ0) is 12.3. The second-order valence-corrected chi connectivity index (χ2v) is 4.85. The molecular formula is C9H14BrN5O2. The van der Waals surface area contributed by atoms with Crippen LogP contribution in [0.15, 0.2) is 4.73 Å². The molecule has 0 amide bonds. The Hall–Kier alpha value is -1.02. The Morgan fingerprint density at radius 2 is 2.24 bits per heavy atom. The van der Waals surface area contributed by atoms with Gasteiger partial charge in [-0.25, -0.2) is 0 Å². The van der Waals surface area contributed by atoms with Gasteiger partial charge in [0.15, 0.2) is 0 Å². The van der Waals surface area contributed by atoms with Crippen molar-refractivity contribution < 1.29 is 4.92 Å². The van der Waals surface area contributed by atoms with Crippen LogP contribution in [0.1, 0.15) is 19.3 Å². The third-order valence-corrected chi connectivity index (χ3v) is 3.57. The van der Waals surface area contributed by atoms with Gasteiger partial charge in [0.25, 0.3) is 4.73 Å². The van der Waals surface area contributed by atoms with Gasteiger partial charge in [-0.3, -0.25) is 0 Å². The van der Waals surface area contributed by atoms with Crippen LogP contribution in [0.3, 0.4) is 0 Å². The molecule has 1 aliphatic rings. The molecule has 1 N–H and O–H groups in total. The van der Waals surface area contributed by atoms with E-state index in [0.29, 0.717) is 17.2 Å². The molecule has 1 aliphatic heterocycles. The van der Waals surface area contributed by atoms with Crippen molar-refractivity contribution in [2.45, 2.75) is 25.8 Å². The molecule has 1 aromatic rings. The number of piperidine rings is 1. The van der Waals surface area contributed by atoms with Gasteiger partial charge in [-0.2, -0.15) is 4.68 Å². The van der Waals surface area contributed by atoms with Gasteiger partial charge in [0.2, 0.25) is 0 Å². The van der Waals surface area contributed by atoms with Crippen LogP contribution in [-0.4, -0.2) is 32.8 Å². The van der Waals surface area contributed by atoms with Crippen LogP contribution in [0.2, 0.25) is 0 Å². The molecule has 0 saturated carbocycles. The number of nitro groups is 1. The summed E-state index contributed by atoms with van der Waals surface area (Å²) in [4.78, 5) is 13.7. The fourth-order valence-corrected chi connectivity index (χ4v) is 2.42. The maximum Gasteiger partial charge on any atom is 0.492 e. The van der Waals surface area contributed by atoms with E-state index in [1.807, 2.05) is 0 Å². The molecule has 7 nitrogen and oxygen atoms in total. The third-order valence-electron chi connectivity index (χ3n) is 2.99. The number of hydrogen-bond acceptors (Lipinski definition) is 5. The first kappa shape index (κ1) is 12.4. The van der Waals surface area contributed by atoms with Gasteiger partial charge < -0.3 is 15.4 Å². The molecule has 8 heteroatoms. The molecule has 2 rings (SSSR count). The molecule has 0 unspecified atom stereocenters. The summed E-state index contributed by atoms with van der Waals surface area (Å²) in [7, 11) is 0. The van der Waals surface area contributed by atoms with E-state index in [1.54, 1.807) is 4.68 Å². The number of halogens is 1. The average molecular weight is 304 g/mol. The van der Waals surface area contributed by atoms with Gasteiger partial charge in [0.05, 0.1) is 6.54 Å². The second kappa shape index (κ2) is 5.54. The van der Waals surface area contributed by atoms with Crippen LogP contribution in [0.5, 0.6) is 0 Å². The Kier molecular flexibility index (Phi) is 4.06. The lowest BCUT2D eigenvalue weighted by Gasteiger charge is -2.21. The van der Waals surface area contributed by atoms with Crippen LogP contribution in [0, 0.1) is 16.0 Å². The van der Waals surface area contributed by atoms with Crippen LogP contribution in [0.25, 0.3) is 0 Å². The molecule has 0 radical (unpaired) electrons. The minimum Gasteiger partial charge on any atom is -0.390 e. The SMILES string of the molecule is O=[N+]([O-])c1nc(Br)n(CCC2CCNCC2)n1. The lowest BCUT2D eigenvalue weighted by Crippen LogP contribution is -2.28. The third kappa shape index (κ3) is 3.22. The Balaban J connectivity index is 1.91. The Morgan fingerprint density at radius 1 is 1.53 bits per heavy atom. The molecule has 1 saturated heterocycles. The monoisotopic (exact) mass is 303 g/mol. The molecule has 17 heavy (non-hydrogen) atoms. The Bertz CT molecular complexity index is 402. The molecule has 0 spiro atoms. The minimum atomic E-state index is -0.578. The molecular weight excluding hydrogens is 290 g/mol. The van der Waals surface area contributed by atoms with E-state index in [2.05, 4.69) is 31.3 Å². The van der Waals surface area contributed by atoms with E-state index in [1.165, 1.54) is 0 Å². The molecule has 0 bridgehead atoms. The van der Waals surface area contributed by atoms with Crippen molar-refractivity contribution in [2.24, 2.45) is 5.92 Å². The first-order chi connectivity index (χ1) is 8.16. The van der Waals surface area contributed by atoms with E-state index >= 15 is 0 Å². The first-order valence-electron chi connectivity index (χ1n) is 5.62. The molecule has 1 fully saturated rings. The van der Waals surface area contributed by atoms with Crippen molar-refractivity contribution in [1.82, 2.24) is 20.1 Å². The Labute approximate surface area is 107 Å². The fraction of sp³-hybridized carbons (Fsp3) is 0.778. The normalized spacial score (nSPS) is 17.2. The summed E-state index contributed by atoms with van der Waals surface area (Å²) >= 11 is 3.18. The van der Waals surface area contributed by atoms with Crippen LogP contribution in [-0.2, 0) is 6.54 Å². The summed E-state index contributed by atoms with van der Waals surface area (Å²) in [5, 5.41) is 17.7. The summed E-state index contributed by atoms with van der Waals surface area (Å²) in [5.74, 6) is 0.327. The van der Waals surface area contributed by atoms with Crippen molar-refractivity contribution in [2.75, 3.05) is 13.1 Å². The van der Waals surface area contributed by atoms with Gasteiger partial charge in [-0.15, -0.1) is 0 Å². The maximum absolute atomic E-state index is 10.5. The number of nitrogens with one attached hydrogen (secondary N) is 1. The van der Waals surface area contributed by atoms with Crippen molar-refractivity contribution in [3.05, 3.63) is 14.8 Å². The van der Waals surface area contributed by atoms with Crippen LogP contribution in [0.4, 0.5) is 5.95 Å². The van der Waals surface area contributed by atoms with E-state index in [0.717, 1.165) is 32.4 Å². The second-order valence-electron chi connectivity index (χ2n) is 4.14. The Morgan fingerprint density at radius 3 is 2.82 bits per heavy atom. The highest BCUT2D eigenvalue weighted by Gasteiger charge is 2.20. The number of nitrogens with zero attached hydrogens (tertiary/aromatic N) is 4. The van der Waals surface area contributed by atoms with Crippen molar-refractivity contribution in [3.8, 4) is 0 Å². The summed E-state index contributed by atoms with van der Waals surface area (Å²) in [6, 6.07) is 0. The van der Waals surface area contributed by atoms with Crippen LogP contribution >= 0.6 is 15.9 Å². The molecule has 0 aliphatic carbocycles. The van der Waals surface area contributed by atoms with Crippen molar-refractivity contribution in [1.29, 1.82) is 0 Å². The largest absolute Gasteiger partial charge is 0.492 e. The molecule has 2 heterocycles.